The van der Waals surface area contributed by atoms with E-state index in [0.29, 0.717) is 12.2 Å². The average molecular weight is 321 g/mol. The Morgan fingerprint density at radius 1 is 1.17 bits per heavy atom. The average Bonchev–Trinajstić information content (AvgIpc) is 3.04. The van der Waals surface area contributed by atoms with E-state index in [-0.39, 0.29) is 5.91 Å². The maximum absolute atomic E-state index is 12.3. The molecule has 0 aliphatic rings. The summed E-state index contributed by atoms with van der Waals surface area (Å²) in [5.41, 5.74) is 5.77. The third-order valence-electron chi connectivity index (χ3n) is 3.74. The summed E-state index contributed by atoms with van der Waals surface area (Å²) in [7, 11) is 0. The summed E-state index contributed by atoms with van der Waals surface area (Å²) in [6, 6.07) is 15.3. The van der Waals surface area contributed by atoms with Gasteiger partial charge in [0.1, 0.15) is 5.75 Å². The van der Waals surface area contributed by atoms with Crippen LogP contribution in [0.4, 0.5) is 0 Å². The number of rotatable bonds is 5. The number of H-pyrrole nitrogens is 1. The molecule has 5 nitrogen and oxygen atoms in total. The molecule has 0 spiro atoms. The second-order valence-corrected chi connectivity index (χ2v) is 5.34. The maximum Gasteiger partial charge on any atom is 0.273 e. The van der Waals surface area contributed by atoms with Crippen LogP contribution in [0.5, 0.6) is 5.75 Å². The Kier molecular flexibility index (Phi) is 4.61. The first-order valence-electron chi connectivity index (χ1n) is 7.83. The lowest BCUT2D eigenvalue weighted by Gasteiger charge is -2.05. The number of fused-ring (bicyclic) bond motifs is 1. The molecular formula is C19H19N3O2. The number of hydrogen-bond donors (Lipinski definition) is 2. The Morgan fingerprint density at radius 3 is 2.67 bits per heavy atom. The molecule has 0 aliphatic heterocycles. The highest BCUT2D eigenvalue weighted by Gasteiger charge is 2.11. The van der Waals surface area contributed by atoms with Crippen molar-refractivity contribution in [2.45, 2.75) is 13.8 Å². The standard InChI is InChI=1S/C19H19N3O2/c1-3-24-15-10-8-14(9-11-15)13(2)21-22-19(23)17-12-20-18-7-5-4-6-16(17)18/h4-12,20H,3H2,1-2H3,(H,22,23). The van der Waals surface area contributed by atoms with Crippen LogP contribution in [0.25, 0.3) is 10.9 Å². The van der Waals surface area contributed by atoms with Crippen molar-refractivity contribution in [2.75, 3.05) is 6.61 Å². The van der Waals surface area contributed by atoms with Gasteiger partial charge in [-0.3, -0.25) is 4.79 Å². The number of hydrazone groups is 1. The third-order valence-corrected chi connectivity index (χ3v) is 3.74. The van der Waals surface area contributed by atoms with E-state index in [4.69, 9.17) is 4.74 Å². The van der Waals surface area contributed by atoms with Gasteiger partial charge < -0.3 is 9.72 Å². The first-order valence-corrected chi connectivity index (χ1v) is 7.83. The van der Waals surface area contributed by atoms with Crippen LogP contribution in [-0.4, -0.2) is 23.2 Å². The minimum Gasteiger partial charge on any atom is -0.494 e. The molecule has 122 valence electrons. The van der Waals surface area contributed by atoms with Gasteiger partial charge in [-0.15, -0.1) is 0 Å². The summed E-state index contributed by atoms with van der Waals surface area (Å²) in [5.74, 6) is 0.578. The highest BCUT2D eigenvalue weighted by Crippen LogP contribution is 2.17. The Balaban J connectivity index is 1.73. The van der Waals surface area contributed by atoms with Crippen molar-refractivity contribution in [1.29, 1.82) is 0 Å². The Labute approximate surface area is 140 Å². The molecule has 3 aromatic rings. The molecule has 5 heteroatoms. The quantitative estimate of drug-likeness (QED) is 0.555. The minimum atomic E-state index is -0.238. The van der Waals surface area contributed by atoms with E-state index in [2.05, 4.69) is 15.5 Å². The van der Waals surface area contributed by atoms with Gasteiger partial charge in [-0.05, 0) is 49.7 Å². The Bertz CT molecular complexity index is 879. The zero-order valence-electron chi connectivity index (χ0n) is 13.7. The number of aromatic amines is 1. The predicted octanol–water partition coefficient (Wildman–Crippen LogP) is 3.72. The van der Waals surface area contributed by atoms with Crippen molar-refractivity contribution < 1.29 is 9.53 Å². The summed E-state index contributed by atoms with van der Waals surface area (Å²) in [5, 5.41) is 5.07. The van der Waals surface area contributed by atoms with Crippen LogP contribution in [0, 0.1) is 0 Å². The number of ether oxygens (including phenoxy) is 1. The lowest BCUT2D eigenvalue weighted by molar-refractivity contribution is 0.0956. The zero-order chi connectivity index (χ0) is 16.9. The number of amides is 1. The van der Waals surface area contributed by atoms with Crippen LogP contribution in [0.3, 0.4) is 0 Å². The number of aromatic nitrogens is 1. The molecule has 0 atom stereocenters. The van der Waals surface area contributed by atoms with Crippen LogP contribution >= 0.6 is 0 Å². The van der Waals surface area contributed by atoms with Crippen molar-refractivity contribution in [2.24, 2.45) is 5.10 Å². The molecule has 1 heterocycles. The number of hydrogen-bond acceptors (Lipinski definition) is 3. The van der Waals surface area contributed by atoms with Gasteiger partial charge in [-0.25, -0.2) is 5.43 Å². The smallest absolute Gasteiger partial charge is 0.273 e. The molecule has 0 unspecified atom stereocenters. The Morgan fingerprint density at radius 2 is 1.92 bits per heavy atom. The molecule has 2 aromatic carbocycles. The molecule has 0 radical (unpaired) electrons. The van der Waals surface area contributed by atoms with Crippen LogP contribution < -0.4 is 10.2 Å². The minimum absolute atomic E-state index is 0.238. The Hall–Kier alpha value is -3.08. The molecule has 0 bridgehead atoms. The number of benzene rings is 2. The maximum atomic E-state index is 12.3. The molecule has 0 saturated heterocycles. The summed E-state index contributed by atoms with van der Waals surface area (Å²) >= 11 is 0. The van der Waals surface area contributed by atoms with Crippen molar-refractivity contribution in [3.63, 3.8) is 0 Å². The molecule has 2 N–H and O–H groups in total. The molecule has 24 heavy (non-hydrogen) atoms. The second kappa shape index (κ2) is 7.00. The van der Waals surface area contributed by atoms with Crippen LogP contribution in [-0.2, 0) is 0 Å². The monoisotopic (exact) mass is 321 g/mol. The predicted molar refractivity (Wildman–Crippen MR) is 95.6 cm³/mol. The van der Waals surface area contributed by atoms with E-state index >= 15 is 0 Å². The molecule has 0 fully saturated rings. The summed E-state index contributed by atoms with van der Waals surface area (Å²) in [4.78, 5) is 15.4. The largest absolute Gasteiger partial charge is 0.494 e. The van der Waals surface area contributed by atoms with E-state index in [1.54, 1.807) is 6.20 Å². The van der Waals surface area contributed by atoms with E-state index in [0.717, 1.165) is 27.9 Å². The SMILES string of the molecule is CCOc1ccc(C(C)=NNC(=O)c2c[nH]c3ccccc23)cc1. The van der Waals surface area contributed by atoms with E-state index in [9.17, 15) is 4.79 Å². The third kappa shape index (κ3) is 3.30. The van der Waals surface area contributed by atoms with Gasteiger partial charge in [0.25, 0.3) is 5.91 Å². The van der Waals surface area contributed by atoms with Gasteiger partial charge in [-0.2, -0.15) is 5.10 Å². The fourth-order valence-electron chi connectivity index (χ4n) is 2.48. The first kappa shape index (κ1) is 15.8. The van der Waals surface area contributed by atoms with Crippen molar-refractivity contribution in [1.82, 2.24) is 10.4 Å². The number of nitrogens with zero attached hydrogens (tertiary/aromatic N) is 1. The normalized spacial score (nSPS) is 11.5. The van der Waals surface area contributed by atoms with Crippen LogP contribution in [0.1, 0.15) is 29.8 Å². The van der Waals surface area contributed by atoms with Crippen LogP contribution in [0.2, 0.25) is 0 Å². The van der Waals surface area contributed by atoms with Crippen molar-refractivity contribution in [3.05, 3.63) is 65.9 Å². The topological polar surface area (TPSA) is 66.5 Å². The number of para-hydroxylation sites is 1. The van der Waals surface area contributed by atoms with E-state index < -0.39 is 0 Å². The van der Waals surface area contributed by atoms with E-state index in [1.807, 2.05) is 62.4 Å². The molecule has 1 aromatic heterocycles. The second-order valence-electron chi connectivity index (χ2n) is 5.34. The zero-order valence-corrected chi connectivity index (χ0v) is 13.7. The fourth-order valence-corrected chi connectivity index (χ4v) is 2.48. The number of carbonyl (C=O) groups is 1. The van der Waals surface area contributed by atoms with Gasteiger partial charge in [0, 0.05) is 17.1 Å². The molecule has 0 aliphatic carbocycles. The molecule has 3 rings (SSSR count). The van der Waals surface area contributed by atoms with Gasteiger partial charge in [0.15, 0.2) is 0 Å². The van der Waals surface area contributed by atoms with Crippen molar-refractivity contribution in [3.8, 4) is 5.75 Å². The van der Waals surface area contributed by atoms with Crippen molar-refractivity contribution >= 4 is 22.5 Å². The first-order chi connectivity index (χ1) is 11.7. The molecular weight excluding hydrogens is 302 g/mol. The van der Waals surface area contributed by atoms with E-state index in [1.165, 1.54) is 0 Å². The van der Waals surface area contributed by atoms with Crippen LogP contribution in [0.15, 0.2) is 59.8 Å². The van der Waals surface area contributed by atoms with Gasteiger partial charge >= 0.3 is 0 Å². The molecule has 0 saturated carbocycles. The lowest BCUT2D eigenvalue weighted by Crippen LogP contribution is -2.19. The summed E-state index contributed by atoms with van der Waals surface area (Å²) in [6.45, 7) is 4.43. The molecule has 1 amide bonds. The summed E-state index contributed by atoms with van der Waals surface area (Å²) < 4.78 is 5.42. The lowest BCUT2D eigenvalue weighted by atomic mass is 10.1. The number of nitrogens with one attached hydrogen (secondary N) is 2. The highest BCUT2D eigenvalue weighted by atomic mass is 16.5. The highest BCUT2D eigenvalue weighted by molar-refractivity contribution is 6.07. The van der Waals surface area contributed by atoms with Gasteiger partial charge in [0.2, 0.25) is 0 Å². The van der Waals surface area contributed by atoms with Gasteiger partial charge in [0.05, 0.1) is 17.9 Å². The summed E-state index contributed by atoms with van der Waals surface area (Å²) in [6.07, 6.45) is 1.70. The van der Waals surface area contributed by atoms with Gasteiger partial charge in [-0.1, -0.05) is 18.2 Å². The fraction of sp³-hybridized carbons (Fsp3) is 0.158. The number of carbonyl (C=O) groups excluding carboxylic acids is 1.